The molecule has 36 heavy (non-hydrogen) atoms. The zero-order valence-electron chi connectivity index (χ0n) is 21.1. The number of aliphatic carboxylic acids is 1. The average molecular weight is 499 g/mol. The third-order valence-corrected chi connectivity index (χ3v) is 7.48. The van der Waals surface area contributed by atoms with Crippen LogP contribution in [0.4, 0.5) is 10.5 Å². The number of carboxylic acid groups (broad SMARTS) is 1. The number of hydrogen-bond donors (Lipinski definition) is 2. The van der Waals surface area contributed by atoms with Crippen LogP contribution in [-0.4, -0.2) is 51.2 Å². The van der Waals surface area contributed by atoms with Crippen LogP contribution >= 0.6 is 0 Å². The number of pyridine rings is 1. The molecule has 2 saturated carbocycles. The first-order chi connectivity index (χ1) is 17.3. The molecule has 2 aromatic heterocycles. The fourth-order valence-corrected chi connectivity index (χ4v) is 5.22. The lowest BCUT2D eigenvalue weighted by Gasteiger charge is -2.27. The molecule has 2 heterocycles. The van der Waals surface area contributed by atoms with Crippen molar-refractivity contribution in [1.82, 2.24) is 15.0 Å². The molecule has 10 heteroatoms. The lowest BCUT2D eigenvalue weighted by molar-refractivity contribution is -0.147. The van der Waals surface area contributed by atoms with Gasteiger partial charge in [0.15, 0.2) is 5.76 Å². The zero-order chi connectivity index (χ0) is 25.8. The van der Waals surface area contributed by atoms with Crippen LogP contribution in [0.5, 0.6) is 0 Å². The van der Waals surface area contributed by atoms with Crippen molar-refractivity contribution in [3.05, 3.63) is 29.1 Å². The van der Waals surface area contributed by atoms with Crippen molar-refractivity contribution in [1.29, 1.82) is 0 Å². The molecule has 2 fully saturated rings. The molecule has 0 spiro atoms. The summed E-state index contributed by atoms with van der Waals surface area (Å²) in [5.74, 6) is -2.04. The Balaban J connectivity index is 1.44. The van der Waals surface area contributed by atoms with Gasteiger partial charge in [-0.3, -0.25) is 9.59 Å². The molecule has 2 N–H and O–H groups in total. The van der Waals surface area contributed by atoms with Gasteiger partial charge in [-0.05, 0) is 51.7 Å². The van der Waals surface area contributed by atoms with E-state index in [0.717, 1.165) is 38.5 Å². The van der Waals surface area contributed by atoms with Crippen LogP contribution in [0.2, 0.25) is 0 Å². The summed E-state index contributed by atoms with van der Waals surface area (Å²) < 4.78 is 11.1. The van der Waals surface area contributed by atoms with Gasteiger partial charge in [0.05, 0.1) is 34.5 Å². The molecule has 0 aromatic carbocycles. The Labute approximate surface area is 210 Å². The van der Waals surface area contributed by atoms with Crippen LogP contribution in [0, 0.1) is 25.7 Å². The van der Waals surface area contributed by atoms with E-state index in [4.69, 9.17) is 9.26 Å². The Morgan fingerprint density at radius 1 is 1.06 bits per heavy atom. The van der Waals surface area contributed by atoms with E-state index in [0.29, 0.717) is 46.9 Å². The van der Waals surface area contributed by atoms with E-state index >= 15 is 0 Å². The topological polar surface area (TPSA) is 135 Å². The SMILES string of the molecule is Cc1nc(-c2onc(C)c2COC(=O)N(C)C2CCCC2)ccc1NC(=O)[C@H]1CCCC[C@@H]1C(=O)O. The Bertz CT molecular complexity index is 1120. The fraction of sp³-hybridized carbons (Fsp3) is 0.577. The molecule has 0 aliphatic heterocycles. The van der Waals surface area contributed by atoms with Gasteiger partial charge in [-0.25, -0.2) is 9.78 Å². The number of aryl methyl sites for hydroxylation is 2. The Morgan fingerprint density at radius 2 is 1.72 bits per heavy atom. The van der Waals surface area contributed by atoms with E-state index in [1.165, 1.54) is 0 Å². The average Bonchev–Trinajstić information content (AvgIpc) is 3.53. The number of aromatic nitrogens is 2. The second-order valence-electron chi connectivity index (χ2n) is 9.83. The molecule has 10 nitrogen and oxygen atoms in total. The monoisotopic (exact) mass is 498 g/mol. The van der Waals surface area contributed by atoms with E-state index in [1.807, 2.05) is 0 Å². The van der Waals surface area contributed by atoms with E-state index in [1.54, 1.807) is 37.9 Å². The molecule has 0 unspecified atom stereocenters. The molecule has 194 valence electrons. The van der Waals surface area contributed by atoms with Gasteiger partial charge in [-0.15, -0.1) is 0 Å². The highest BCUT2D eigenvalue weighted by Crippen LogP contribution is 2.32. The van der Waals surface area contributed by atoms with Gasteiger partial charge in [-0.1, -0.05) is 30.8 Å². The fourth-order valence-electron chi connectivity index (χ4n) is 5.22. The zero-order valence-corrected chi connectivity index (χ0v) is 21.1. The second-order valence-corrected chi connectivity index (χ2v) is 9.83. The largest absolute Gasteiger partial charge is 0.481 e. The number of nitrogens with zero attached hydrogens (tertiary/aromatic N) is 3. The summed E-state index contributed by atoms with van der Waals surface area (Å²) in [5.41, 5.74) is 2.82. The van der Waals surface area contributed by atoms with Gasteiger partial charge in [-0.2, -0.15) is 0 Å². The van der Waals surface area contributed by atoms with Crippen molar-refractivity contribution >= 4 is 23.7 Å². The lowest BCUT2D eigenvalue weighted by atomic mass is 9.78. The van der Waals surface area contributed by atoms with Gasteiger partial charge in [0.1, 0.15) is 12.3 Å². The molecule has 2 aliphatic carbocycles. The second kappa shape index (κ2) is 11.1. The summed E-state index contributed by atoms with van der Waals surface area (Å²) >= 11 is 0. The van der Waals surface area contributed by atoms with E-state index < -0.39 is 17.8 Å². The van der Waals surface area contributed by atoms with Crippen molar-refractivity contribution in [2.45, 2.75) is 77.9 Å². The number of ether oxygens (including phenoxy) is 1. The molecule has 0 saturated heterocycles. The molecular weight excluding hydrogens is 464 g/mol. The minimum atomic E-state index is -0.927. The van der Waals surface area contributed by atoms with Crippen LogP contribution in [0.3, 0.4) is 0 Å². The van der Waals surface area contributed by atoms with E-state index in [9.17, 15) is 19.5 Å². The summed E-state index contributed by atoms with van der Waals surface area (Å²) in [6.07, 6.45) is 6.59. The Kier molecular flexibility index (Phi) is 7.91. The van der Waals surface area contributed by atoms with Crippen molar-refractivity contribution in [3.63, 3.8) is 0 Å². The minimum absolute atomic E-state index is 0.0119. The van der Waals surface area contributed by atoms with E-state index in [-0.39, 0.29) is 24.6 Å². The predicted molar refractivity (Wildman–Crippen MR) is 131 cm³/mol. The van der Waals surface area contributed by atoms with Crippen molar-refractivity contribution < 1.29 is 28.8 Å². The Hall–Kier alpha value is -3.43. The number of hydrogen-bond acceptors (Lipinski definition) is 7. The number of nitrogens with one attached hydrogen (secondary N) is 1. The maximum Gasteiger partial charge on any atom is 0.410 e. The van der Waals surface area contributed by atoms with Crippen molar-refractivity contribution in [2.24, 2.45) is 11.8 Å². The number of anilines is 1. The Morgan fingerprint density at radius 3 is 2.39 bits per heavy atom. The first kappa shape index (κ1) is 25.7. The number of carboxylic acids is 1. The lowest BCUT2D eigenvalue weighted by Crippen LogP contribution is -2.36. The van der Waals surface area contributed by atoms with Crippen LogP contribution in [0.15, 0.2) is 16.7 Å². The first-order valence-electron chi connectivity index (χ1n) is 12.6. The molecule has 2 aliphatic rings. The van der Waals surface area contributed by atoms with Crippen LogP contribution < -0.4 is 5.32 Å². The smallest absolute Gasteiger partial charge is 0.410 e. The number of amides is 2. The van der Waals surface area contributed by atoms with Gasteiger partial charge in [0.2, 0.25) is 5.91 Å². The standard InChI is InChI=1S/C26H34N4O6/c1-15-20(14-35-26(34)30(3)17-8-4-5-9-17)23(36-29-15)22-13-12-21(16(2)27-22)28-24(31)18-10-6-7-11-19(18)25(32)33/h12-13,17-19H,4-11,14H2,1-3H3,(H,28,31)(H,32,33)/t18-,19-/m0/s1. The summed E-state index contributed by atoms with van der Waals surface area (Å²) in [4.78, 5) is 43.2. The summed E-state index contributed by atoms with van der Waals surface area (Å²) in [5, 5.41) is 16.4. The van der Waals surface area contributed by atoms with E-state index in [2.05, 4.69) is 15.5 Å². The predicted octanol–water partition coefficient (Wildman–Crippen LogP) is 4.69. The molecule has 0 bridgehead atoms. The number of rotatable bonds is 7. The summed E-state index contributed by atoms with van der Waals surface area (Å²) in [7, 11) is 1.77. The third kappa shape index (κ3) is 5.52. The van der Waals surface area contributed by atoms with Gasteiger partial charge >= 0.3 is 12.1 Å². The molecule has 4 rings (SSSR count). The van der Waals surface area contributed by atoms with Gasteiger partial charge < -0.3 is 24.6 Å². The third-order valence-electron chi connectivity index (χ3n) is 7.48. The summed E-state index contributed by atoms with van der Waals surface area (Å²) in [6, 6.07) is 3.64. The maximum absolute atomic E-state index is 12.9. The molecule has 2 amide bonds. The molecular formula is C26H34N4O6. The number of carbonyl (C=O) groups excluding carboxylic acids is 2. The quantitative estimate of drug-likeness (QED) is 0.561. The number of carbonyl (C=O) groups is 3. The maximum atomic E-state index is 12.9. The molecule has 2 atom stereocenters. The molecule has 2 aromatic rings. The first-order valence-corrected chi connectivity index (χ1v) is 12.6. The van der Waals surface area contributed by atoms with Crippen molar-refractivity contribution in [3.8, 4) is 11.5 Å². The highest BCUT2D eigenvalue weighted by atomic mass is 16.6. The van der Waals surface area contributed by atoms with Crippen LogP contribution in [0.1, 0.15) is 68.3 Å². The van der Waals surface area contributed by atoms with Crippen LogP contribution in [-0.2, 0) is 20.9 Å². The van der Waals surface area contributed by atoms with Crippen LogP contribution in [0.25, 0.3) is 11.5 Å². The summed E-state index contributed by atoms with van der Waals surface area (Å²) in [6.45, 7) is 3.55. The van der Waals surface area contributed by atoms with Gasteiger partial charge in [0.25, 0.3) is 0 Å². The van der Waals surface area contributed by atoms with Crippen molar-refractivity contribution in [2.75, 3.05) is 12.4 Å². The minimum Gasteiger partial charge on any atom is -0.481 e. The highest BCUT2D eigenvalue weighted by molar-refractivity contribution is 5.95. The molecule has 0 radical (unpaired) electrons. The normalized spacial score (nSPS) is 20.2. The highest BCUT2D eigenvalue weighted by Gasteiger charge is 2.36. The van der Waals surface area contributed by atoms with Gasteiger partial charge in [0, 0.05) is 13.1 Å².